The van der Waals surface area contributed by atoms with Gasteiger partial charge in [-0.15, -0.1) is 24.0 Å². The number of aromatic amines is 1. The van der Waals surface area contributed by atoms with Crippen molar-refractivity contribution in [3.63, 3.8) is 0 Å². The molecule has 0 bridgehead atoms. The molecule has 3 N–H and O–H groups in total. The zero-order chi connectivity index (χ0) is 20.5. The molecule has 0 saturated heterocycles. The summed E-state index contributed by atoms with van der Waals surface area (Å²) in [7, 11) is 0. The number of H-pyrrole nitrogens is 1. The zero-order valence-electron chi connectivity index (χ0n) is 17.1. The minimum Gasteiger partial charge on any atom is -0.491 e. The minimum absolute atomic E-state index is 0. The van der Waals surface area contributed by atoms with E-state index in [4.69, 9.17) is 4.74 Å². The van der Waals surface area contributed by atoms with E-state index in [2.05, 4.69) is 25.8 Å². The Morgan fingerprint density at radius 2 is 1.97 bits per heavy atom. The van der Waals surface area contributed by atoms with Gasteiger partial charge in [0.05, 0.1) is 18.3 Å². The summed E-state index contributed by atoms with van der Waals surface area (Å²) in [6.07, 6.45) is 2.51. The molecule has 1 heterocycles. The topological polar surface area (TPSA) is 74.3 Å². The Labute approximate surface area is 193 Å². The predicted molar refractivity (Wildman–Crippen MR) is 129 cm³/mol. The summed E-state index contributed by atoms with van der Waals surface area (Å²) < 4.78 is 19.0. The van der Waals surface area contributed by atoms with Crippen molar-refractivity contribution in [1.82, 2.24) is 15.5 Å². The van der Waals surface area contributed by atoms with Crippen molar-refractivity contribution in [3.05, 3.63) is 77.9 Å². The molecule has 0 atom stereocenters. The number of halogens is 2. The average molecular weight is 523 g/mol. The van der Waals surface area contributed by atoms with Crippen LogP contribution in [0.1, 0.15) is 25.1 Å². The number of guanidine groups is 1. The van der Waals surface area contributed by atoms with Crippen LogP contribution in [-0.4, -0.2) is 28.8 Å². The summed E-state index contributed by atoms with van der Waals surface area (Å²) in [5.41, 5.74) is 2.74. The number of aliphatic imine (C=N–C) groups is 1. The van der Waals surface area contributed by atoms with Crippen LogP contribution in [0.15, 0.2) is 65.8 Å². The van der Waals surface area contributed by atoms with Crippen molar-refractivity contribution in [3.8, 4) is 5.75 Å². The van der Waals surface area contributed by atoms with Crippen LogP contribution in [0.2, 0.25) is 0 Å². The van der Waals surface area contributed by atoms with Crippen LogP contribution in [0.4, 0.5) is 10.1 Å². The molecule has 8 heteroatoms. The molecule has 2 aromatic carbocycles. The van der Waals surface area contributed by atoms with E-state index in [9.17, 15) is 4.39 Å². The third-order valence-corrected chi connectivity index (χ3v) is 4.05. The van der Waals surface area contributed by atoms with E-state index in [-0.39, 0.29) is 35.9 Å². The van der Waals surface area contributed by atoms with Gasteiger partial charge in [0.1, 0.15) is 11.6 Å². The number of hydrogen-bond donors (Lipinski definition) is 3. The fourth-order valence-corrected chi connectivity index (χ4v) is 2.72. The Bertz CT molecular complexity index is 914. The van der Waals surface area contributed by atoms with Gasteiger partial charge >= 0.3 is 0 Å². The lowest BCUT2D eigenvalue weighted by Gasteiger charge is -2.14. The van der Waals surface area contributed by atoms with Crippen molar-refractivity contribution in [2.45, 2.75) is 32.9 Å². The van der Waals surface area contributed by atoms with Gasteiger partial charge in [0, 0.05) is 18.4 Å². The van der Waals surface area contributed by atoms with E-state index in [1.165, 1.54) is 6.07 Å². The lowest BCUT2D eigenvalue weighted by Crippen LogP contribution is -2.32. The summed E-state index contributed by atoms with van der Waals surface area (Å²) >= 11 is 0. The van der Waals surface area contributed by atoms with Gasteiger partial charge < -0.3 is 15.4 Å². The Morgan fingerprint density at radius 3 is 2.63 bits per heavy atom. The van der Waals surface area contributed by atoms with E-state index in [0.29, 0.717) is 25.5 Å². The normalized spacial score (nSPS) is 11.1. The fourth-order valence-electron chi connectivity index (χ4n) is 2.72. The first-order valence-corrected chi connectivity index (χ1v) is 9.63. The van der Waals surface area contributed by atoms with E-state index in [1.54, 1.807) is 18.3 Å². The van der Waals surface area contributed by atoms with Crippen LogP contribution < -0.4 is 15.4 Å². The molecule has 3 aromatic rings. The maximum atomic E-state index is 13.4. The summed E-state index contributed by atoms with van der Waals surface area (Å²) in [6, 6.07) is 16.2. The monoisotopic (exact) mass is 523 g/mol. The lowest BCUT2D eigenvalue weighted by atomic mass is 10.1. The number of nitrogens with zero attached hydrogens (tertiary/aromatic N) is 2. The van der Waals surface area contributed by atoms with Crippen molar-refractivity contribution in [2.24, 2.45) is 4.99 Å². The molecule has 0 aliphatic rings. The van der Waals surface area contributed by atoms with Gasteiger partial charge in [-0.05, 0) is 68.3 Å². The second-order valence-corrected chi connectivity index (χ2v) is 6.87. The number of anilines is 1. The molecule has 0 fully saturated rings. The first-order chi connectivity index (χ1) is 14.1. The van der Waals surface area contributed by atoms with Gasteiger partial charge in [-0.3, -0.25) is 5.10 Å². The van der Waals surface area contributed by atoms with Crippen molar-refractivity contribution in [2.75, 3.05) is 11.9 Å². The first kappa shape index (κ1) is 23.7. The molecule has 1 aromatic heterocycles. The van der Waals surface area contributed by atoms with Gasteiger partial charge in [-0.2, -0.15) is 5.10 Å². The van der Waals surface area contributed by atoms with Crippen molar-refractivity contribution in [1.29, 1.82) is 0 Å². The molecule has 0 saturated carbocycles. The number of aromatic nitrogens is 2. The molecule has 160 valence electrons. The van der Waals surface area contributed by atoms with Gasteiger partial charge in [0.15, 0.2) is 5.96 Å². The van der Waals surface area contributed by atoms with E-state index < -0.39 is 0 Å². The van der Waals surface area contributed by atoms with E-state index in [0.717, 1.165) is 22.7 Å². The van der Waals surface area contributed by atoms with Crippen LogP contribution in [0.5, 0.6) is 5.75 Å². The quantitative estimate of drug-likeness (QED) is 0.226. The molecule has 0 aliphatic heterocycles. The van der Waals surface area contributed by atoms with Crippen molar-refractivity contribution < 1.29 is 9.13 Å². The summed E-state index contributed by atoms with van der Waals surface area (Å²) in [6.45, 7) is 5.07. The third-order valence-electron chi connectivity index (χ3n) is 4.05. The van der Waals surface area contributed by atoms with Crippen LogP contribution in [-0.2, 0) is 13.0 Å². The van der Waals surface area contributed by atoms with Gasteiger partial charge in [0.2, 0.25) is 0 Å². The lowest BCUT2D eigenvalue weighted by molar-refractivity contribution is 0.242. The Balaban J connectivity index is 0.00000320. The smallest absolute Gasteiger partial charge is 0.196 e. The van der Waals surface area contributed by atoms with Crippen molar-refractivity contribution >= 4 is 35.6 Å². The predicted octanol–water partition coefficient (Wildman–Crippen LogP) is 4.75. The number of rotatable bonds is 8. The highest BCUT2D eigenvalue weighted by Crippen LogP contribution is 2.17. The fraction of sp³-hybridized carbons (Fsp3) is 0.273. The number of nitrogens with one attached hydrogen (secondary N) is 3. The second-order valence-electron chi connectivity index (χ2n) is 6.87. The number of benzene rings is 2. The highest BCUT2D eigenvalue weighted by molar-refractivity contribution is 14.0. The molecular weight excluding hydrogens is 496 g/mol. The molecule has 30 heavy (non-hydrogen) atoms. The Kier molecular flexibility index (Phi) is 9.59. The van der Waals surface area contributed by atoms with Crippen LogP contribution in [0.25, 0.3) is 0 Å². The number of ether oxygens (including phenoxy) is 1. The summed E-state index contributed by atoms with van der Waals surface area (Å²) in [5.74, 6) is 1.23. The molecule has 6 nitrogen and oxygen atoms in total. The first-order valence-electron chi connectivity index (χ1n) is 9.63. The van der Waals surface area contributed by atoms with Crippen LogP contribution >= 0.6 is 24.0 Å². The molecule has 0 spiro atoms. The standard InChI is InChI=1S/C22H26FN5O.HI/c1-16(2)29-21-8-6-19(7-9-21)27-22(25-15-20-11-13-26-28-20)24-12-10-17-4-3-5-18(23)14-17;/h3-9,11,13-14,16H,10,12,15H2,1-2H3,(H,26,28)(H2,24,25,27);1H. The molecule has 3 rings (SSSR count). The second kappa shape index (κ2) is 12.2. The molecular formula is C22H27FIN5O. The SMILES string of the molecule is CC(C)Oc1ccc(NC(=NCc2ccn[nH]2)NCCc2cccc(F)c2)cc1.I. The molecule has 0 unspecified atom stereocenters. The van der Waals surface area contributed by atoms with E-state index >= 15 is 0 Å². The molecule has 0 amide bonds. The summed E-state index contributed by atoms with van der Waals surface area (Å²) in [4.78, 5) is 4.60. The minimum atomic E-state index is -0.225. The summed E-state index contributed by atoms with van der Waals surface area (Å²) in [5, 5.41) is 13.4. The third kappa shape index (κ3) is 8.02. The largest absolute Gasteiger partial charge is 0.491 e. The molecule has 0 radical (unpaired) electrons. The van der Waals surface area contributed by atoms with Gasteiger partial charge in [-0.1, -0.05) is 12.1 Å². The number of hydrogen-bond acceptors (Lipinski definition) is 3. The van der Waals surface area contributed by atoms with E-state index in [1.807, 2.05) is 50.2 Å². The Hall–Kier alpha value is -2.62. The van der Waals surface area contributed by atoms with Gasteiger partial charge in [0.25, 0.3) is 0 Å². The Morgan fingerprint density at radius 1 is 1.17 bits per heavy atom. The van der Waals surface area contributed by atoms with Crippen LogP contribution in [0, 0.1) is 5.82 Å². The maximum absolute atomic E-state index is 13.4. The zero-order valence-corrected chi connectivity index (χ0v) is 19.4. The highest BCUT2D eigenvalue weighted by atomic mass is 127. The maximum Gasteiger partial charge on any atom is 0.196 e. The molecule has 0 aliphatic carbocycles. The van der Waals surface area contributed by atoms with Crippen LogP contribution in [0.3, 0.4) is 0 Å². The van der Waals surface area contributed by atoms with Gasteiger partial charge in [-0.25, -0.2) is 9.38 Å². The average Bonchev–Trinajstić information content (AvgIpc) is 3.21. The highest BCUT2D eigenvalue weighted by Gasteiger charge is 2.04.